The van der Waals surface area contributed by atoms with Crippen LogP contribution in [0, 0.1) is 0 Å². The first-order valence-corrected chi connectivity index (χ1v) is 13.3. The van der Waals surface area contributed by atoms with E-state index in [1.807, 2.05) is 12.1 Å². The van der Waals surface area contributed by atoms with Crippen molar-refractivity contribution in [1.82, 2.24) is 26.6 Å². The quantitative estimate of drug-likeness (QED) is 0.117. The normalized spacial score (nSPS) is 12.3. The molecule has 0 radical (unpaired) electrons. The van der Waals surface area contributed by atoms with Crippen LogP contribution in [0.15, 0.2) is 24.3 Å². The Bertz CT molecular complexity index is 528. The lowest BCUT2D eigenvalue weighted by atomic mass is 10.1. The SMILES string of the molecule is CCCCN[C@H](CNCCCNCCCNCCCNCCCCN)Cc1ccc(O)cc1. The summed E-state index contributed by atoms with van der Waals surface area (Å²) >= 11 is 0. The molecule has 1 rings (SSSR count). The second-order valence-electron chi connectivity index (χ2n) is 8.89. The minimum absolute atomic E-state index is 0.331. The Balaban J connectivity index is 1.95. The van der Waals surface area contributed by atoms with Crippen LogP contribution in [-0.2, 0) is 6.42 Å². The van der Waals surface area contributed by atoms with E-state index in [9.17, 15) is 5.11 Å². The van der Waals surface area contributed by atoms with E-state index >= 15 is 0 Å². The third-order valence-electron chi connectivity index (χ3n) is 5.70. The number of hydrogen-bond donors (Lipinski definition) is 7. The number of nitrogens with one attached hydrogen (secondary N) is 5. The number of rotatable bonds is 24. The van der Waals surface area contributed by atoms with Gasteiger partial charge in [0.15, 0.2) is 0 Å². The van der Waals surface area contributed by atoms with Gasteiger partial charge in [0, 0.05) is 12.6 Å². The molecule has 0 aliphatic heterocycles. The van der Waals surface area contributed by atoms with Crippen molar-refractivity contribution < 1.29 is 5.11 Å². The number of nitrogens with two attached hydrogens (primary N) is 1. The highest BCUT2D eigenvalue weighted by atomic mass is 16.3. The summed E-state index contributed by atoms with van der Waals surface area (Å²) in [5, 5.41) is 27.3. The monoisotopic (exact) mass is 464 g/mol. The van der Waals surface area contributed by atoms with Crippen molar-refractivity contribution >= 4 is 0 Å². The minimum atomic E-state index is 0.331. The van der Waals surface area contributed by atoms with Crippen molar-refractivity contribution in [2.75, 3.05) is 65.4 Å². The number of aromatic hydroxyl groups is 1. The van der Waals surface area contributed by atoms with Gasteiger partial charge in [0.2, 0.25) is 0 Å². The summed E-state index contributed by atoms with van der Waals surface area (Å²) in [4.78, 5) is 0. The molecule has 1 atom stereocenters. The van der Waals surface area contributed by atoms with Gasteiger partial charge in [-0.05, 0) is 122 Å². The Morgan fingerprint density at radius 3 is 1.79 bits per heavy atom. The second-order valence-corrected chi connectivity index (χ2v) is 8.89. The predicted molar refractivity (Wildman–Crippen MR) is 142 cm³/mol. The average Bonchev–Trinajstić information content (AvgIpc) is 2.82. The highest BCUT2D eigenvalue weighted by molar-refractivity contribution is 5.26. The average molecular weight is 465 g/mol. The minimum Gasteiger partial charge on any atom is -0.508 e. The lowest BCUT2D eigenvalue weighted by Crippen LogP contribution is -2.41. The fourth-order valence-electron chi connectivity index (χ4n) is 3.68. The van der Waals surface area contributed by atoms with Crippen LogP contribution in [0.4, 0.5) is 0 Å². The van der Waals surface area contributed by atoms with Gasteiger partial charge in [-0.2, -0.15) is 0 Å². The molecular formula is C26H52N6O. The molecule has 7 heteroatoms. The maximum Gasteiger partial charge on any atom is 0.115 e. The van der Waals surface area contributed by atoms with Gasteiger partial charge >= 0.3 is 0 Å². The Labute approximate surface area is 203 Å². The standard InChI is InChI=1S/C26H52N6O/c1-2-3-21-32-25(22-24-9-11-26(33)12-10-24)23-31-20-8-19-30-18-7-17-29-16-6-15-28-14-5-4-13-27/h9-12,25,28-33H,2-8,13-23,27H2,1H3/t25-/m0/s1. The summed E-state index contributed by atoms with van der Waals surface area (Å²) in [5.41, 5.74) is 6.75. The maximum absolute atomic E-state index is 9.49. The van der Waals surface area contributed by atoms with Crippen molar-refractivity contribution in [3.8, 4) is 5.75 Å². The van der Waals surface area contributed by atoms with Crippen molar-refractivity contribution in [2.24, 2.45) is 5.73 Å². The zero-order chi connectivity index (χ0) is 23.8. The smallest absolute Gasteiger partial charge is 0.115 e. The molecule has 0 aromatic heterocycles. The molecule has 192 valence electrons. The van der Waals surface area contributed by atoms with Crippen LogP contribution in [0.1, 0.15) is 57.4 Å². The summed E-state index contributed by atoms with van der Waals surface area (Å²) in [6.07, 6.45) is 9.19. The van der Waals surface area contributed by atoms with Crippen molar-refractivity contribution in [3.63, 3.8) is 0 Å². The molecular weight excluding hydrogens is 412 g/mol. The number of phenolic OH excluding ortho intramolecular Hbond substituents is 1. The molecule has 0 fully saturated rings. The number of hydrogen-bond acceptors (Lipinski definition) is 7. The highest BCUT2D eigenvalue weighted by Gasteiger charge is 2.08. The van der Waals surface area contributed by atoms with E-state index < -0.39 is 0 Å². The fraction of sp³-hybridized carbons (Fsp3) is 0.769. The van der Waals surface area contributed by atoms with Crippen LogP contribution < -0.4 is 32.3 Å². The van der Waals surface area contributed by atoms with Gasteiger partial charge < -0.3 is 37.4 Å². The molecule has 7 nitrogen and oxygen atoms in total. The van der Waals surface area contributed by atoms with Crippen molar-refractivity contribution in [3.05, 3.63) is 29.8 Å². The molecule has 1 aromatic carbocycles. The summed E-state index contributed by atoms with van der Waals surface area (Å²) in [7, 11) is 0. The number of phenols is 1. The van der Waals surface area contributed by atoms with Gasteiger partial charge in [-0.1, -0.05) is 25.5 Å². The van der Waals surface area contributed by atoms with Gasteiger partial charge in [-0.25, -0.2) is 0 Å². The van der Waals surface area contributed by atoms with Crippen LogP contribution in [-0.4, -0.2) is 76.6 Å². The molecule has 8 N–H and O–H groups in total. The van der Waals surface area contributed by atoms with E-state index in [1.54, 1.807) is 12.1 Å². The molecule has 0 aliphatic carbocycles. The zero-order valence-corrected chi connectivity index (χ0v) is 21.1. The van der Waals surface area contributed by atoms with E-state index in [0.29, 0.717) is 11.8 Å². The molecule has 0 aliphatic rings. The number of benzene rings is 1. The molecule has 0 spiro atoms. The van der Waals surface area contributed by atoms with Crippen molar-refractivity contribution in [2.45, 2.75) is 64.3 Å². The Morgan fingerprint density at radius 2 is 1.24 bits per heavy atom. The molecule has 0 heterocycles. The first kappa shape index (κ1) is 29.8. The van der Waals surface area contributed by atoms with Gasteiger partial charge in [0.05, 0.1) is 0 Å². The molecule has 0 saturated heterocycles. The van der Waals surface area contributed by atoms with E-state index in [1.165, 1.54) is 37.7 Å². The fourth-order valence-corrected chi connectivity index (χ4v) is 3.68. The summed E-state index contributed by atoms with van der Waals surface area (Å²) in [6.45, 7) is 12.6. The summed E-state index contributed by atoms with van der Waals surface area (Å²) in [6, 6.07) is 8.00. The van der Waals surface area contributed by atoms with Crippen LogP contribution in [0.2, 0.25) is 0 Å². The summed E-state index contributed by atoms with van der Waals surface area (Å²) in [5.74, 6) is 0.331. The molecule has 0 amide bonds. The Kier molecular flexibility index (Phi) is 20.4. The third-order valence-corrected chi connectivity index (χ3v) is 5.70. The van der Waals surface area contributed by atoms with Gasteiger partial charge in [0.1, 0.15) is 5.75 Å². The first-order chi connectivity index (χ1) is 16.3. The van der Waals surface area contributed by atoms with Gasteiger partial charge in [-0.3, -0.25) is 0 Å². The van der Waals surface area contributed by atoms with E-state index in [0.717, 1.165) is 84.7 Å². The zero-order valence-electron chi connectivity index (χ0n) is 21.1. The summed E-state index contributed by atoms with van der Waals surface area (Å²) < 4.78 is 0. The lowest BCUT2D eigenvalue weighted by molar-refractivity contribution is 0.457. The largest absolute Gasteiger partial charge is 0.508 e. The molecule has 33 heavy (non-hydrogen) atoms. The molecule has 0 bridgehead atoms. The predicted octanol–water partition coefficient (Wildman–Crippen LogP) is 1.96. The topological polar surface area (TPSA) is 106 Å². The third kappa shape index (κ3) is 18.8. The van der Waals surface area contributed by atoms with Gasteiger partial charge in [0.25, 0.3) is 0 Å². The van der Waals surface area contributed by atoms with E-state index in [4.69, 9.17) is 5.73 Å². The second kappa shape index (κ2) is 22.6. The molecule has 0 saturated carbocycles. The Hall–Kier alpha value is -1.22. The maximum atomic E-state index is 9.49. The Morgan fingerprint density at radius 1 is 0.697 bits per heavy atom. The van der Waals surface area contributed by atoms with E-state index in [-0.39, 0.29) is 0 Å². The highest BCUT2D eigenvalue weighted by Crippen LogP contribution is 2.11. The molecule has 0 unspecified atom stereocenters. The van der Waals surface area contributed by atoms with Crippen molar-refractivity contribution in [1.29, 1.82) is 0 Å². The van der Waals surface area contributed by atoms with E-state index in [2.05, 4.69) is 33.5 Å². The van der Waals surface area contributed by atoms with Gasteiger partial charge in [-0.15, -0.1) is 0 Å². The lowest BCUT2D eigenvalue weighted by Gasteiger charge is -2.20. The number of unbranched alkanes of at least 4 members (excludes halogenated alkanes) is 2. The van der Waals surface area contributed by atoms with Crippen LogP contribution in [0.25, 0.3) is 0 Å². The first-order valence-electron chi connectivity index (χ1n) is 13.3. The van der Waals surface area contributed by atoms with Crippen LogP contribution in [0.5, 0.6) is 5.75 Å². The van der Waals surface area contributed by atoms with Crippen LogP contribution >= 0.6 is 0 Å². The molecule has 1 aromatic rings. The van der Waals surface area contributed by atoms with Crippen LogP contribution in [0.3, 0.4) is 0 Å².